The largest absolute Gasteiger partial charge is 0.465 e. The number of amides is 2. The van der Waals surface area contributed by atoms with Crippen LogP contribution in [0.2, 0.25) is 0 Å². The quantitative estimate of drug-likeness (QED) is 0.663. The Morgan fingerprint density at radius 2 is 1.87 bits per heavy atom. The van der Waals surface area contributed by atoms with E-state index in [1.54, 1.807) is 42.5 Å². The molecule has 3 heterocycles. The van der Waals surface area contributed by atoms with Crippen LogP contribution in [-0.2, 0) is 9.59 Å². The second-order valence-electron chi connectivity index (χ2n) is 6.01. The average Bonchev–Trinajstić information content (AvgIpc) is 3.07. The molecular weight excluding hydrogens is 384 g/mol. The number of allylic oxidation sites excluding steroid dienone is 2. The zero-order chi connectivity index (χ0) is 20.8. The van der Waals surface area contributed by atoms with Gasteiger partial charge in [0.2, 0.25) is 5.91 Å². The SMILES string of the molecule is O=C1C/C=C/C=C\Oc2cccc(c2)/N=C\C2=c3c(ncnc3=NC2=O)/N=C\C=N\1. The molecule has 1 aromatic carbocycles. The van der Waals surface area contributed by atoms with Gasteiger partial charge >= 0.3 is 0 Å². The number of fused-ring (bicyclic) bond motifs is 2. The third kappa shape index (κ3) is 4.36. The van der Waals surface area contributed by atoms with Crippen molar-refractivity contribution in [3.63, 3.8) is 0 Å². The maximum atomic E-state index is 12.4. The predicted molar refractivity (Wildman–Crippen MR) is 111 cm³/mol. The van der Waals surface area contributed by atoms with Crippen LogP contribution < -0.4 is 15.4 Å². The number of carbonyl (C=O) groups excluding carboxylic acids is 2. The fourth-order valence-corrected chi connectivity index (χ4v) is 2.63. The second kappa shape index (κ2) is 8.74. The molecule has 2 aliphatic heterocycles. The van der Waals surface area contributed by atoms with E-state index >= 15 is 0 Å². The Labute approximate surface area is 170 Å². The maximum absolute atomic E-state index is 12.4. The molecule has 0 unspecified atom stereocenters. The van der Waals surface area contributed by atoms with Crippen molar-refractivity contribution in [2.24, 2.45) is 20.0 Å². The lowest BCUT2D eigenvalue weighted by molar-refractivity contribution is -0.117. The zero-order valence-corrected chi connectivity index (χ0v) is 15.5. The van der Waals surface area contributed by atoms with E-state index in [0.29, 0.717) is 16.7 Å². The van der Waals surface area contributed by atoms with Crippen molar-refractivity contribution in [3.05, 3.63) is 65.8 Å². The summed E-state index contributed by atoms with van der Waals surface area (Å²) < 4.78 is 5.53. The molecule has 9 nitrogen and oxygen atoms in total. The molecule has 0 atom stereocenters. The van der Waals surface area contributed by atoms with Crippen molar-refractivity contribution in [3.8, 4) is 5.75 Å². The molecule has 0 N–H and O–H groups in total. The van der Waals surface area contributed by atoms with Crippen molar-refractivity contribution in [1.29, 1.82) is 0 Å². The molecular formula is C21H14N6O3. The van der Waals surface area contributed by atoms with Crippen molar-refractivity contribution in [1.82, 2.24) is 9.97 Å². The number of hydrogen-bond donors (Lipinski definition) is 0. The highest BCUT2D eigenvalue weighted by Gasteiger charge is 2.18. The fourth-order valence-electron chi connectivity index (χ4n) is 2.63. The molecule has 0 saturated heterocycles. The number of carbonyl (C=O) groups is 2. The average molecular weight is 398 g/mol. The number of nitrogens with zero attached hydrogens (tertiary/aromatic N) is 6. The molecule has 146 valence electrons. The van der Waals surface area contributed by atoms with Gasteiger partial charge in [-0.15, -0.1) is 0 Å². The van der Waals surface area contributed by atoms with Crippen LogP contribution in [-0.4, -0.2) is 40.4 Å². The Balaban J connectivity index is 1.81. The Kier molecular flexibility index (Phi) is 5.52. The fraction of sp³-hybridized carbons (Fsp3) is 0.0476. The van der Waals surface area contributed by atoms with Crippen LogP contribution in [0, 0.1) is 0 Å². The Hall–Kier alpha value is -4.40. The smallest absolute Gasteiger partial charge is 0.281 e. The minimum atomic E-state index is -0.484. The van der Waals surface area contributed by atoms with Crippen LogP contribution in [0.15, 0.2) is 75.1 Å². The molecule has 2 aliphatic rings. The lowest BCUT2D eigenvalue weighted by Crippen LogP contribution is -2.28. The number of aromatic nitrogens is 2. The minimum absolute atomic E-state index is 0.131. The topological polar surface area (TPSA) is 119 Å². The van der Waals surface area contributed by atoms with Gasteiger partial charge in [-0.05, 0) is 18.2 Å². The van der Waals surface area contributed by atoms with E-state index in [0.717, 1.165) is 0 Å². The van der Waals surface area contributed by atoms with Gasteiger partial charge in [-0.2, -0.15) is 4.99 Å². The van der Waals surface area contributed by atoms with Crippen molar-refractivity contribution < 1.29 is 14.3 Å². The first-order valence-corrected chi connectivity index (χ1v) is 8.91. The summed E-state index contributed by atoms with van der Waals surface area (Å²) in [6.07, 6.45) is 11.9. The van der Waals surface area contributed by atoms with Crippen LogP contribution in [0.3, 0.4) is 0 Å². The summed E-state index contributed by atoms with van der Waals surface area (Å²) >= 11 is 0. The first-order chi connectivity index (χ1) is 14.7. The second-order valence-corrected chi connectivity index (χ2v) is 6.01. The number of aliphatic imine (C=N–C) groups is 3. The highest BCUT2D eigenvalue weighted by atomic mass is 16.5. The van der Waals surface area contributed by atoms with E-state index in [2.05, 4.69) is 29.9 Å². The summed E-state index contributed by atoms with van der Waals surface area (Å²) in [6.45, 7) is 0. The highest BCUT2D eigenvalue weighted by Crippen LogP contribution is 2.20. The molecule has 30 heavy (non-hydrogen) atoms. The monoisotopic (exact) mass is 398 g/mol. The molecule has 1 aromatic heterocycles. The minimum Gasteiger partial charge on any atom is -0.465 e. The summed E-state index contributed by atoms with van der Waals surface area (Å²) in [7, 11) is 0. The van der Waals surface area contributed by atoms with Gasteiger partial charge in [-0.3, -0.25) is 14.6 Å². The van der Waals surface area contributed by atoms with Crippen molar-refractivity contribution >= 4 is 47.5 Å². The van der Waals surface area contributed by atoms with E-state index in [1.165, 1.54) is 31.2 Å². The predicted octanol–water partition coefficient (Wildman–Crippen LogP) is 1.34. The summed E-state index contributed by atoms with van der Waals surface area (Å²) in [5.41, 5.74) is 1.02. The zero-order valence-electron chi connectivity index (χ0n) is 15.5. The summed E-state index contributed by atoms with van der Waals surface area (Å²) in [6, 6.07) is 7.04. The van der Waals surface area contributed by atoms with Gasteiger partial charge in [0.05, 0.1) is 22.7 Å². The van der Waals surface area contributed by atoms with Gasteiger partial charge in [0, 0.05) is 31.1 Å². The lowest BCUT2D eigenvalue weighted by Gasteiger charge is -2.00. The van der Waals surface area contributed by atoms with Gasteiger partial charge < -0.3 is 4.74 Å². The molecule has 0 spiro atoms. The first-order valence-electron chi connectivity index (χ1n) is 8.91. The van der Waals surface area contributed by atoms with E-state index < -0.39 is 5.91 Å². The molecule has 9 heteroatoms. The summed E-state index contributed by atoms with van der Waals surface area (Å²) in [5.74, 6) is -0.0274. The highest BCUT2D eigenvalue weighted by molar-refractivity contribution is 6.36. The Morgan fingerprint density at radius 3 is 2.80 bits per heavy atom. The molecule has 2 amide bonds. The van der Waals surface area contributed by atoms with Crippen LogP contribution in [0.4, 0.5) is 11.5 Å². The molecule has 2 bridgehead atoms. The summed E-state index contributed by atoms with van der Waals surface area (Å²) in [4.78, 5) is 48.5. The third-order valence-corrected chi connectivity index (χ3v) is 3.98. The molecule has 0 saturated carbocycles. The van der Waals surface area contributed by atoms with Crippen LogP contribution in [0.1, 0.15) is 6.42 Å². The third-order valence-electron chi connectivity index (χ3n) is 3.98. The van der Waals surface area contributed by atoms with Crippen molar-refractivity contribution in [2.75, 3.05) is 0 Å². The normalized spacial score (nSPS) is 21.1. The maximum Gasteiger partial charge on any atom is 0.281 e. The number of ether oxygens (including phenoxy) is 1. The Bertz CT molecular complexity index is 1290. The Morgan fingerprint density at radius 1 is 0.967 bits per heavy atom. The van der Waals surface area contributed by atoms with Gasteiger partial charge in [-0.25, -0.2) is 20.0 Å². The lowest BCUT2D eigenvalue weighted by atomic mass is 10.2. The van der Waals surface area contributed by atoms with Crippen LogP contribution in [0.5, 0.6) is 5.75 Å². The molecule has 0 fully saturated rings. The van der Waals surface area contributed by atoms with Gasteiger partial charge in [-0.1, -0.05) is 18.2 Å². The van der Waals surface area contributed by atoms with E-state index in [9.17, 15) is 9.59 Å². The van der Waals surface area contributed by atoms with E-state index in [-0.39, 0.29) is 29.2 Å². The number of rotatable bonds is 0. The standard InChI is InChI=1S/C21H14N6O3/c28-17-7-2-1-3-10-30-15-6-4-5-14(11-15)24-12-16-18-19(23-9-8-22-17)25-13-26-20(18)27-21(16)29/h1-6,8-13H,7H2/b2-1+,10-3-,22-8+,23-9-,24-12-. The van der Waals surface area contributed by atoms with E-state index in [1.807, 2.05) is 0 Å². The molecule has 0 aliphatic carbocycles. The van der Waals surface area contributed by atoms with Gasteiger partial charge in [0.1, 0.15) is 12.1 Å². The van der Waals surface area contributed by atoms with E-state index in [4.69, 9.17) is 4.74 Å². The van der Waals surface area contributed by atoms with Crippen molar-refractivity contribution in [2.45, 2.75) is 6.42 Å². The van der Waals surface area contributed by atoms with Crippen LogP contribution in [0.25, 0.3) is 5.57 Å². The first kappa shape index (κ1) is 18.9. The molecule has 4 rings (SSSR count). The number of hydrogen-bond acceptors (Lipinski definition) is 7. The number of benzene rings is 1. The summed E-state index contributed by atoms with van der Waals surface area (Å²) in [5, 5.41) is 0.374. The van der Waals surface area contributed by atoms with Gasteiger partial charge in [0.25, 0.3) is 5.91 Å². The molecule has 2 aromatic rings. The van der Waals surface area contributed by atoms with Gasteiger partial charge in [0.15, 0.2) is 11.3 Å². The van der Waals surface area contributed by atoms with Crippen LogP contribution >= 0.6 is 0 Å². The molecule has 0 radical (unpaired) electrons.